The van der Waals surface area contributed by atoms with Gasteiger partial charge >= 0.3 is 6.03 Å². The van der Waals surface area contributed by atoms with E-state index in [1.54, 1.807) is 0 Å². The molecule has 2 heterocycles. The first-order chi connectivity index (χ1) is 13.7. The van der Waals surface area contributed by atoms with E-state index in [-0.39, 0.29) is 12.1 Å². The molecule has 28 heavy (non-hydrogen) atoms. The maximum Gasteiger partial charge on any atom is 0.322 e. The van der Waals surface area contributed by atoms with Crippen LogP contribution in [0.3, 0.4) is 0 Å². The zero-order valence-electron chi connectivity index (χ0n) is 16.3. The average Bonchev–Trinajstić information content (AvgIpc) is 3.44. The number of nitrogens with one attached hydrogen (secondary N) is 1. The lowest BCUT2D eigenvalue weighted by Gasteiger charge is -2.25. The van der Waals surface area contributed by atoms with Gasteiger partial charge in [-0.3, -0.25) is 0 Å². The first kappa shape index (κ1) is 17.3. The minimum absolute atomic E-state index is 0.0184. The molecule has 0 saturated carbocycles. The highest BCUT2D eigenvalue weighted by atomic mass is 16.2. The number of amides is 2. The largest absolute Gasteiger partial charge is 0.327 e. The Morgan fingerprint density at radius 1 is 1.14 bits per heavy atom. The van der Waals surface area contributed by atoms with Gasteiger partial charge in [-0.15, -0.1) is 0 Å². The molecule has 2 amide bonds. The Morgan fingerprint density at radius 2 is 2.00 bits per heavy atom. The van der Waals surface area contributed by atoms with Crippen molar-refractivity contribution in [3.8, 4) is 0 Å². The van der Waals surface area contributed by atoms with Crippen LogP contribution in [0.2, 0.25) is 0 Å². The molecule has 5 heteroatoms. The van der Waals surface area contributed by atoms with Crippen LogP contribution in [0, 0.1) is 0 Å². The third-order valence-electron chi connectivity index (χ3n) is 6.16. The second-order valence-corrected chi connectivity index (χ2v) is 7.82. The molecule has 1 atom stereocenters. The van der Waals surface area contributed by atoms with E-state index in [2.05, 4.69) is 41.1 Å². The van der Waals surface area contributed by atoms with Crippen molar-refractivity contribution in [1.82, 2.24) is 14.5 Å². The zero-order chi connectivity index (χ0) is 19.1. The summed E-state index contributed by atoms with van der Waals surface area (Å²) in [6, 6.07) is 14.6. The van der Waals surface area contributed by atoms with Crippen LogP contribution in [0.1, 0.15) is 49.2 Å². The van der Waals surface area contributed by atoms with E-state index < -0.39 is 0 Å². The summed E-state index contributed by atoms with van der Waals surface area (Å²) in [5.41, 5.74) is 5.86. The number of anilines is 1. The molecule has 1 aromatic heterocycles. The Kier molecular flexibility index (Phi) is 4.30. The summed E-state index contributed by atoms with van der Waals surface area (Å²) < 4.78 is 2.25. The summed E-state index contributed by atoms with van der Waals surface area (Å²) in [7, 11) is 0. The van der Waals surface area contributed by atoms with Crippen molar-refractivity contribution in [3.63, 3.8) is 0 Å². The van der Waals surface area contributed by atoms with Crippen LogP contribution in [0.4, 0.5) is 10.5 Å². The van der Waals surface area contributed by atoms with Crippen molar-refractivity contribution in [2.75, 3.05) is 11.9 Å². The lowest BCUT2D eigenvalue weighted by atomic mass is 10.1. The van der Waals surface area contributed by atoms with E-state index in [0.29, 0.717) is 0 Å². The first-order valence-corrected chi connectivity index (χ1v) is 10.4. The van der Waals surface area contributed by atoms with E-state index >= 15 is 0 Å². The number of nitrogens with zero attached hydrogens (tertiary/aromatic N) is 3. The highest BCUT2D eigenvalue weighted by Crippen LogP contribution is 2.34. The topological polar surface area (TPSA) is 50.2 Å². The van der Waals surface area contributed by atoms with Crippen LogP contribution in [-0.4, -0.2) is 27.0 Å². The van der Waals surface area contributed by atoms with E-state index in [0.717, 1.165) is 61.3 Å². The normalized spacial score (nSPS) is 18.6. The number of likely N-dealkylation sites (tertiary alicyclic amines) is 1. The highest BCUT2D eigenvalue weighted by molar-refractivity contribution is 5.90. The fourth-order valence-corrected chi connectivity index (χ4v) is 4.80. The van der Waals surface area contributed by atoms with Gasteiger partial charge in [-0.2, -0.15) is 0 Å². The maximum absolute atomic E-state index is 13.1. The third kappa shape index (κ3) is 2.86. The minimum atomic E-state index is -0.0184. The fourth-order valence-electron chi connectivity index (χ4n) is 4.80. The monoisotopic (exact) mass is 374 g/mol. The van der Waals surface area contributed by atoms with Gasteiger partial charge in [0.05, 0.1) is 17.1 Å². The maximum atomic E-state index is 13.1. The number of fused-ring (bicyclic) bond motifs is 2. The molecular formula is C23H26N4O. The molecule has 0 radical (unpaired) electrons. The molecule has 0 spiro atoms. The molecule has 1 aliphatic carbocycles. The molecular weight excluding hydrogens is 348 g/mol. The first-order valence-electron chi connectivity index (χ1n) is 10.4. The predicted molar refractivity (Wildman–Crippen MR) is 112 cm³/mol. The highest BCUT2D eigenvalue weighted by Gasteiger charge is 2.33. The van der Waals surface area contributed by atoms with Crippen molar-refractivity contribution < 1.29 is 4.79 Å². The smallest absolute Gasteiger partial charge is 0.322 e. The molecule has 0 bridgehead atoms. The summed E-state index contributed by atoms with van der Waals surface area (Å²) in [5, 5.41) is 3.13. The van der Waals surface area contributed by atoms with Crippen molar-refractivity contribution in [2.45, 2.75) is 51.6 Å². The van der Waals surface area contributed by atoms with E-state index in [4.69, 9.17) is 4.98 Å². The molecule has 1 fully saturated rings. The third-order valence-corrected chi connectivity index (χ3v) is 6.16. The molecule has 2 aliphatic rings. The van der Waals surface area contributed by atoms with E-state index in [9.17, 15) is 4.79 Å². The lowest BCUT2D eigenvalue weighted by molar-refractivity contribution is 0.204. The van der Waals surface area contributed by atoms with Crippen molar-refractivity contribution in [2.24, 2.45) is 0 Å². The van der Waals surface area contributed by atoms with Crippen LogP contribution in [-0.2, 0) is 19.4 Å². The summed E-state index contributed by atoms with van der Waals surface area (Å²) in [4.78, 5) is 19.9. The van der Waals surface area contributed by atoms with Gasteiger partial charge < -0.3 is 14.8 Å². The zero-order valence-corrected chi connectivity index (χ0v) is 16.3. The number of hydrogen-bond donors (Lipinski definition) is 1. The molecule has 0 unspecified atom stereocenters. The number of rotatable bonds is 3. The number of carbonyl (C=O) groups excluding carboxylic acids is 1. The minimum Gasteiger partial charge on any atom is -0.327 e. The predicted octanol–water partition coefficient (Wildman–Crippen LogP) is 4.91. The standard InChI is InChI=1S/C23H26N4O/c1-2-26-20-10-4-3-9-19(20)25-22(26)21-11-6-14-27(21)23(28)24-18-13-12-16-7-5-8-17(16)15-18/h3-4,9-10,12-13,15,21H,2,5-8,11,14H2,1H3,(H,24,28)/t21-/m0/s1. The molecule has 1 N–H and O–H groups in total. The molecule has 5 rings (SSSR count). The fraction of sp³-hybridized carbons (Fsp3) is 0.391. The van der Waals surface area contributed by atoms with Crippen LogP contribution in [0.25, 0.3) is 11.0 Å². The molecule has 2 aromatic carbocycles. The summed E-state index contributed by atoms with van der Waals surface area (Å²) in [6.45, 7) is 3.77. The van der Waals surface area contributed by atoms with Crippen molar-refractivity contribution in [3.05, 3.63) is 59.4 Å². The van der Waals surface area contributed by atoms with Crippen LogP contribution in [0.15, 0.2) is 42.5 Å². The number of carbonyl (C=O) groups is 1. The molecule has 1 saturated heterocycles. The number of para-hydroxylation sites is 2. The number of imidazole rings is 1. The van der Waals surface area contributed by atoms with Gasteiger partial charge in [0.1, 0.15) is 5.82 Å². The molecule has 5 nitrogen and oxygen atoms in total. The van der Waals surface area contributed by atoms with Gasteiger partial charge in [-0.05, 0) is 74.4 Å². The van der Waals surface area contributed by atoms with E-state index in [1.165, 1.54) is 17.5 Å². The van der Waals surface area contributed by atoms with Crippen LogP contribution >= 0.6 is 0 Å². The van der Waals surface area contributed by atoms with E-state index in [1.807, 2.05) is 23.1 Å². The van der Waals surface area contributed by atoms with Gasteiger partial charge in [0.15, 0.2) is 0 Å². The van der Waals surface area contributed by atoms with Gasteiger partial charge in [0.2, 0.25) is 0 Å². The summed E-state index contributed by atoms with van der Waals surface area (Å²) in [6.07, 6.45) is 5.46. The Bertz CT molecular complexity index is 1040. The molecule has 3 aromatic rings. The Labute approximate surface area is 165 Å². The van der Waals surface area contributed by atoms with Gasteiger partial charge in [0, 0.05) is 18.8 Å². The summed E-state index contributed by atoms with van der Waals surface area (Å²) in [5.74, 6) is 1.00. The van der Waals surface area contributed by atoms with Crippen LogP contribution < -0.4 is 5.32 Å². The number of hydrogen-bond acceptors (Lipinski definition) is 2. The molecule has 144 valence electrons. The Morgan fingerprint density at radius 3 is 2.89 bits per heavy atom. The van der Waals surface area contributed by atoms with Crippen molar-refractivity contribution >= 4 is 22.8 Å². The lowest BCUT2D eigenvalue weighted by Crippen LogP contribution is -2.35. The van der Waals surface area contributed by atoms with Gasteiger partial charge in [0.25, 0.3) is 0 Å². The number of benzene rings is 2. The number of aromatic nitrogens is 2. The number of urea groups is 1. The van der Waals surface area contributed by atoms with Crippen molar-refractivity contribution in [1.29, 1.82) is 0 Å². The quantitative estimate of drug-likeness (QED) is 0.708. The van der Waals surface area contributed by atoms with Crippen LogP contribution in [0.5, 0.6) is 0 Å². The van der Waals surface area contributed by atoms with Gasteiger partial charge in [-0.25, -0.2) is 9.78 Å². The summed E-state index contributed by atoms with van der Waals surface area (Å²) >= 11 is 0. The molecule has 1 aliphatic heterocycles. The van der Waals surface area contributed by atoms with Gasteiger partial charge in [-0.1, -0.05) is 18.2 Å². The second-order valence-electron chi connectivity index (χ2n) is 7.82. The average molecular weight is 374 g/mol. The number of aryl methyl sites for hydroxylation is 3. The second kappa shape index (κ2) is 6.97. The SMILES string of the molecule is CCn1c([C@@H]2CCCN2C(=O)Nc2ccc3c(c2)CCC3)nc2ccccc21. The Hall–Kier alpha value is -2.82. The Balaban J connectivity index is 1.42.